The standard InChI is InChI=1S/C21H20F2N2O2S/c1-3-4-11-27-18-8-6-5-7-14(18)12-19-20(26)25(2)21(28-19)24-17-10-9-15(22)13-16(17)23/h5-10,12-13H,3-4,11H2,1-2H3/b19-12+,24-21?. The van der Waals surface area contributed by atoms with Crippen LogP contribution in [-0.2, 0) is 4.79 Å². The molecule has 1 aliphatic rings. The monoisotopic (exact) mass is 402 g/mol. The molecule has 0 spiro atoms. The molecular weight excluding hydrogens is 382 g/mol. The molecule has 1 aliphatic heterocycles. The van der Waals surface area contributed by atoms with Gasteiger partial charge < -0.3 is 4.74 Å². The summed E-state index contributed by atoms with van der Waals surface area (Å²) >= 11 is 1.14. The minimum absolute atomic E-state index is 0.0203. The average molecular weight is 402 g/mol. The molecule has 7 heteroatoms. The van der Waals surface area contributed by atoms with Crippen LogP contribution in [0.5, 0.6) is 5.75 Å². The topological polar surface area (TPSA) is 41.9 Å². The van der Waals surface area contributed by atoms with Gasteiger partial charge in [-0.15, -0.1) is 0 Å². The second-order valence-corrected chi connectivity index (χ2v) is 7.21. The first-order valence-electron chi connectivity index (χ1n) is 8.92. The van der Waals surface area contributed by atoms with Crippen LogP contribution in [0.15, 0.2) is 52.4 Å². The molecule has 2 aromatic rings. The summed E-state index contributed by atoms with van der Waals surface area (Å²) in [4.78, 5) is 18.6. The normalized spacial score (nSPS) is 17.0. The molecule has 1 saturated heterocycles. The maximum atomic E-state index is 13.9. The first-order chi connectivity index (χ1) is 13.5. The van der Waals surface area contributed by atoms with Crippen molar-refractivity contribution in [3.8, 4) is 5.75 Å². The summed E-state index contributed by atoms with van der Waals surface area (Å²) in [5, 5.41) is 0.325. The summed E-state index contributed by atoms with van der Waals surface area (Å²) in [6, 6.07) is 10.6. The fraction of sp³-hybridized carbons (Fsp3) is 0.238. The van der Waals surface area contributed by atoms with E-state index in [1.165, 1.54) is 11.0 Å². The zero-order valence-corrected chi connectivity index (χ0v) is 16.4. The number of rotatable bonds is 6. The first kappa shape index (κ1) is 20.1. The number of benzene rings is 2. The molecule has 1 heterocycles. The van der Waals surface area contributed by atoms with E-state index in [4.69, 9.17) is 4.74 Å². The van der Waals surface area contributed by atoms with Crippen molar-refractivity contribution in [2.75, 3.05) is 13.7 Å². The Hall–Kier alpha value is -2.67. The van der Waals surface area contributed by atoms with Gasteiger partial charge in [-0.3, -0.25) is 9.69 Å². The number of nitrogens with zero attached hydrogens (tertiary/aromatic N) is 2. The highest BCUT2D eigenvalue weighted by Crippen LogP contribution is 2.35. The van der Waals surface area contributed by atoms with Crippen molar-refractivity contribution >= 4 is 34.6 Å². The van der Waals surface area contributed by atoms with E-state index in [0.29, 0.717) is 22.4 Å². The first-order valence-corrected chi connectivity index (χ1v) is 9.74. The van der Waals surface area contributed by atoms with Crippen LogP contribution >= 0.6 is 11.8 Å². The lowest BCUT2D eigenvalue weighted by atomic mass is 10.2. The van der Waals surface area contributed by atoms with Gasteiger partial charge in [-0.25, -0.2) is 13.8 Å². The number of ether oxygens (including phenoxy) is 1. The molecular formula is C21H20F2N2O2S. The lowest BCUT2D eigenvalue weighted by Gasteiger charge is -2.09. The van der Waals surface area contributed by atoms with Crippen molar-refractivity contribution in [3.05, 3.63) is 64.6 Å². The molecule has 0 saturated carbocycles. The average Bonchev–Trinajstić information content (AvgIpc) is 2.93. The lowest BCUT2D eigenvalue weighted by Crippen LogP contribution is -2.23. The Bertz CT molecular complexity index is 944. The predicted molar refractivity (Wildman–Crippen MR) is 109 cm³/mol. The van der Waals surface area contributed by atoms with E-state index in [0.717, 1.165) is 42.3 Å². The van der Waals surface area contributed by atoms with Gasteiger partial charge in [0, 0.05) is 18.7 Å². The zero-order valence-electron chi connectivity index (χ0n) is 15.6. The van der Waals surface area contributed by atoms with Crippen LogP contribution in [0.4, 0.5) is 14.5 Å². The third kappa shape index (κ3) is 4.59. The van der Waals surface area contributed by atoms with Crippen LogP contribution in [0.25, 0.3) is 6.08 Å². The predicted octanol–water partition coefficient (Wildman–Crippen LogP) is 5.38. The van der Waals surface area contributed by atoms with Crippen molar-refractivity contribution in [3.63, 3.8) is 0 Å². The second-order valence-electron chi connectivity index (χ2n) is 6.20. The van der Waals surface area contributed by atoms with Gasteiger partial charge in [-0.1, -0.05) is 31.5 Å². The van der Waals surface area contributed by atoms with Crippen LogP contribution in [0.2, 0.25) is 0 Å². The van der Waals surface area contributed by atoms with Crippen molar-refractivity contribution in [1.82, 2.24) is 4.90 Å². The Labute approximate surface area is 166 Å². The van der Waals surface area contributed by atoms with Gasteiger partial charge in [0.1, 0.15) is 17.3 Å². The summed E-state index contributed by atoms with van der Waals surface area (Å²) in [5.74, 6) is -0.990. The number of halogens is 2. The maximum absolute atomic E-state index is 13.9. The van der Waals surface area contributed by atoms with Gasteiger partial charge in [0.05, 0.1) is 11.5 Å². The molecule has 1 amide bonds. The quantitative estimate of drug-likeness (QED) is 0.481. The highest BCUT2D eigenvalue weighted by atomic mass is 32.2. The minimum atomic E-state index is -0.777. The molecule has 0 aromatic heterocycles. The minimum Gasteiger partial charge on any atom is -0.493 e. The Kier molecular flexibility index (Phi) is 6.46. The van der Waals surface area contributed by atoms with E-state index in [9.17, 15) is 13.6 Å². The number of carbonyl (C=O) groups is 1. The molecule has 0 unspecified atom stereocenters. The number of thioether (sulfide) groups is 1. The number of para-hydroxylation sites is 1. The third-order valence-corrected chi connectivity index (χ3v) is 5.15. The number of amides is 1. The maximum Gasteiger partial charge on any atom is 0.266 e. The number of likely N-dealkylation sites (N-methyl/N-ethyl adjacent to an activating group) is 1. The van der Waals surface area contributed by atoms with Crippen LogP contribution in [0.3, 0.4) is 0 Å². The van der Waals surface area contributed by atoms with Crippen molar-refractivity contribution in [2.45, 2.75) is 19.8 Å². The molecule has 2 aromatic carbocycles. The van der Waals surface area contributed by atoms with Gasteiger partial charge in [0.2, 0.25) is 0 Å². The third-order valence-electron chi connectivity index (χ3n) is 4.09. The molecule has 0 N–H and O–H groups in total. The fourth-order valence-corrected chi connectivity index (χ4v) is 3.50. The van der Waals surface area contributed by atoms with Gasteiger partial charge in [0.15, 0.2) is 11.0 Å². The van der Waals surface area contributed by atoms with Gasteiger partial charge in [-0.2, -0.15) is 0 Å². The molecule has 28 heavy (non-hydrogen) atoms. The summed E-state index contributed by atoms with van der Waals surface area (Å²) in [6.45, 7) is 2.69. The smallest absolute Gasteiger partial charge is 0.266 e. The lowest BCUT2D eigenvalue weighted by molar-refractivity contribution is -0.121. The Morgan fingerprint density at radius 3 is 2.75 bits per heavy atom. The summed E-state index contributed by atoms with van der Waals surface area (Å²) in [7, 11) is 1.57. The molecule has 4 nitrogen and oxygen atoms in total. The van der Waals surface area contributed by atoms with Crippen molar-refractivity contribution in [1.29, 1.82) is 0 Å². The van der Waals surface area contributed by atoms with Gasteiger partial charge in [0.25, 0.3) is 5.91 Å². The van der Waals surface area contributed by atoms with Crippen LogP contribution < -0.4 is 4.74 Å². The Morgan fingerprint density at radius 2 is 2.00 bits per heavy atom. The second kappa shape index (κ2) is 9.01. The molecule has 0 bridgehead atoms. The number of carbonyl (C=O) groups excluding carboxylic acids is 1. The van der Waals surface area contributed by atoms with E-state index >= 15 is 0 Å². The number of aliphatic imine (C=N–C) groups is 1. The van der Waals surface area contributed by atoms with E-state index in [1.54, 1.807) is 13.1 Å². The van der Waals surface area contributed by atoms with E-state index in [1.807, 2.05) is 24.3 Å². The van der Waals surface area contributed by atoms with Crippen molar-refractivity contribution < 1.29 is 18.3 Å². The molecule has 0 atom stereocenters. The number of amidine groups is 1. The SMILES string of the molecule is CCCCOc1ccccc1/C=C1/SC(=Nc2ccc(F)cc2F)N(C)C1=O. The van der Waals surface area contributed by atoms with E-state index in [-0.39, 0.29) is 11.6 Å². The molecule has 0 aliphatic carbocycles. The Morgan fingerprint density at radius 1 is 1.21 bits per heavy atom. The number of hydrogen-bond acceptors (Lipinski definition) is 4. The van der Waals surface area contributed by atoms with Crippen molar-refractivity contribution in [2.24, 2.45) is 4.99 Å². The number of hydrogen-bond donors (Lipinski definition) is 0. The summed E-state index contributed by atoms with van der Waals surface area (Å²) in [6.07, 6.45) is 3.72. The molecule has 1 fully saturated rings. The Balaban J connectivity index is 1.86. The van der Waals surface area contributed by atoms with Crippen LogP contribution in [-0.4, -0.2) is 29.6 Å². The van der Waals surface area contributed by atoms with Gasteiger partial charge in [-0.05, 0) is 42.5 Å². The van der Waals surface area contributed by atoms with Gasteiger partial charge >= 0.3 is 0 Å². The zero-order chi connectivity index (χ0) is 20.1. The van der Waals surface area contributed by atoms with E-state index in [2.05, 4.69) is 11.9 Å². The number of unbranched alkanes of at least 4 members (excludes halogenated alkanes) is 1. The summed E-state index contributed by atoms with van der Waals surface area (Å²) < 4.78 is 32.8. The summed E-state index contributed by atoms with van der Waals surface area (Å²) in [5.41, 5.74) is 0.769. The highest BCUT2D eigenvalue weighted by Gasteiger charge is 2.30. The van der Waals surface area contributed by atoms with E-state index < -0.39 is 11.6 Å². The van der Waals surface area contributed by atoms with Crippen LogP contribution in [0.1, 0.15) is 25.3 Å². The highest BCUT2D eigenvalue weighted by molar-refractivity contribution is 8.18. The largest absolute Gasteiger partial charge is 0.493 e. The van der Waals surface area contributed by atoms with Crippen LogP contribution in [0, 0.1) is 11.6 Å². The fourth-order valence-electron chi connectivity index (χ4n) is 2.53. The molecule has 146 valence electrons. The molecule has 3 rings (SSSR count). The molecule has 0 radical (unpaired) electrons.